The average Bonchev–Trinajstić information content (AvgIpc) is 3.41. The van der Waals surface area contributed by atoms with Gasteiger partial charge < -0.3 is 10.0 Å². The summed E-state index contributed by atoms with van der Waals surface area (Å²) in [7, 11) is 0. The number of benzene rings is 3. The first-order chi connectivity index (χ1) is 17.0. The standard InChI is InChI=1S/C27H29N5O3/c1-3-4-5-10-25(33)32(18(2)27(34)35)17-19-11-12-21-16-22(14-13-20(21)15-19)23-8-6-7-9-24(23)26-28-30-31-29-26/h6-9,11-16,18H,3-5,10,17H2,1-2H3,(H,34,35)(H,28,29,30,31)/t18-/m0/s1. The van der Waals surface area contributed by atoms with E-state index in [0.29, 0.717) is 12.2 Å². The number of carboxylic acid groups (broad SMARTS) is 1. The minimum absolute atomic E-state index is 0.123. The lowest BCUT2D eigenvalue weighted by molar-refractivity contribution is -0.150. The Morgan fingerprint density at radius 3 is 2.46 bits per heavy atom. The average molecular weight is 472 g/mol. The molecule has 0 fully saturated rings. The molecule has 1 amide bonds. The van der Waals surface area contributed by atoms with Gasteiger partial charge in [-0.2, -0.15) is 5.21 Å². The molecule has 0 saturated carbocycles. The number of unbranched alkanes of at least 4 members (excludes halogenated alkanes) is 2. The molecule has 4 rings (SSSR count). The number of aliphatic carboxylic acids is 1. The van der Waals surface area contributed by atoms with Crippen LogP contribution < -0.4 is 0 Å². The number of nitrogens with zero attached hydrogens (tertiary/aromatic N) is 4. The van der Waals surface area contributed by atoms with Crippen LogP contribution in [-0.2, 0) is 16.1 Å². The minimum atomic E-state index is -1.00. The van der Waals surface area contributed by atoms with Crippen molar-refractivity contribution in [2.75, 3.05) is 0 Å². The van der Waals surface area contributed by atoms with Crippen molar-refractivity contribution in [3.63, 3.8) is 0 Å². The molecule has 8 heteroatoms. The lowest BCUT2D eigenvalue weighted by atomic mass is 9.96. The normalized spacial score (nSPS) is 11.9. The molecule has 0 aliphatic heterocycles. The fraction of sp³-hybridized carbons (Fsp3) is 0.296. The lowest BCUT2D eigenvalue weighted by Gasteiger charge is -2.27. The van der Waals surface area contributed by atoms with E-state index >= 15 is 0 Å². The number of aromatic nitrogens is 4. The van der Waals surface area contributed by atoms with E-state index in [4.69, 9.17) is 0 Å². The predicted molar refractivity (Wildman–Crippen MR) is 134 cm³/mol. The molecule has 2 N–H and O–H groups in total. The van der Waals surface area contributed by atoms with Crippen molar-refractivity contribution >= 4 is 22.6 Å². The number of fused-ring (bicyclic) bond motifs is 1. The smallest absolute Gasteiger partial charge is 0.326 e. The van der Waals surface area contributed by atoms with E-state index in [1.165, 1.54) is 4.90 Å². The Kier molecular flexibility index (Phi) is 7.50. The molecule has 0 bridgehead atoms. The number of carbonyl (C=O) groups excluding carboxylic acids is 1. The monoisotopic (exact) mass is 471 g/mol. The third kappa shape index (κ3) is 5.54. The van der Waals surface area contributed by atoms with Crippen molar-refractivity contribution < 1.29 is 14.7 Å². The van der Waals surface area contributed by atoms with Gasteiger partial charge in [-0.3, -0.25) is 4.79 Å². The Bertz CT molecular complexity index is 1320. The third-order valence-corrected chi connectivity index (χ3v) is 6.22. The van der Waals surface area contributed by atoms with Crippen LogP contribution in [-0.4, -0.2) is 48.5 Å². The van der Waals surface area contributed by atoms with Gasteiger partial charge in [0.1, 0.15) is 6.04 Å². The van der Waals surface area contributed by atoms with Crippen LogP contribution in [0.3, 0.4) is 0 Å². The number of carboxylic acids is 1. The molecule has 4 aromatic rings. The van der Waals surface area contributed by atoms with Gasteiger partial charge in [-0.1, -0.05) is 68.3 Å². The highest BCUT2D eigenvalue weighted by Gasteiger charge is 2.25. The first kappa shape index (κ1) is 24.1. The quantitative estimate of drug-likeness (QED) is 0.312. The second-order valence-corrected chi connectivity index (χ2v) is 8.67. The maximum atomic E-state index is 12.8. The zero-order valence-corrected chi connectivity index (χ0v) is 19.9. The van der Waals surface area contributed by atoms with Crippen molar-refractivity contribution in [3.05, 3.63) is 66.2 Å². The minimum Gasteiger partial charge on any atom is -0.480 e. The zero-order chi connectivity index (χ0) is 24.8. The van der Waals surface area contributed by atoms with E-state index in [0.717, 1.165) is 52.3 Å². The summed E-state index contributed by atoms with van der Waals surface area (Å²) in [5, 5.41) is 26.0. The maximum absolute atomic E-state index is 12.8. The molecule has 0 unspecified atom stereocenters. The Balaban J connectivity index is 1.60. The number of hydrogen-bond donors (Lipinski definition) is 2. The van der Waals surface area contributed by atoms with Gasteiger partial charge in [-0.25, -0.2) is 4.79 Å². The molecule has 0 saturated heterocycles. The van der Waals surface area contributed by atoms with E-state index in [-0.39, 0.29) is 12.5 Å². The molecule has 0 aliphatic carbocycles. The van der Waals surface area contributed by atoms with Crippen LogP contribution in [0, 0.1) is 0 Å². The fourth-order valence-corrected chi connectivity index (χ4v) is 4.21. The van der Waals surface area contributed by atoms with Gasteiger partial charge in [0.05, 0.1) is 0 Å². The topological polar surface area (TPSA) is 112 Å². The molecule has 1 atom stereocenters. The largest absolute Gasteiger partial charge is 0.480 e. The summed E-state index contributed by atoms with van der Waals surface area (Å²) in [6.45, 7) is 3.90. The summed E-state index contributed by atoms with van der Waals surface area (Å²) in [5.41, 5.74) is 3.81. The second-order valence-electron chi connectivity index (χ2n) is 8.67. The highest BCUT2D eigenvalue weighted by atomic mass is 16.4. The molecule has 3 aromatic carbocycles. The number of hydrogen-bond acceptors (Lipinski definition) is 5. The Labute approximate surface area is 204 Å². The number of tetrazole rings is 1. The van der Waals surface area contributed by atoms with Gasteiger partial charge in [-0.15, -0.1) is 10.2 Å². The predicted octanol–water partition coefficient (Wildman–Crippen LogP) is 5.07. The van der Waals surface area contributed by atoms with Crippen LogP contribution in [0.2, 0.25) is 0 Å². The van der Waals surface area contributed by atoms with E-state index in [2.05, 4.69) is 33.6 Å². The van der Waals surface area contributed by atoms with E-state index < -0.39 is 12.0 Å². The van der Waals surface area contributed by atoms with Crippen LogP contribution in [0.15, 0.2) is 60.7 Å². The summed E-state index contributed by atoms with van der Waals surface area (Å²) in [6.07, 6.45) is 3.09. The number of H-pyrrole nitrogens is 1. The first-order valence-electron chi connectivity index (χ1n) is 11.9. The third-order valence-electron chi connectivity index (χ3n) is 6.22. The van der Waals surface area contributed by atoms with Gasteiger partial charge in [0.25, 0.3) is 0 Å². The number of aromatic amines is 1. The number of rotatable bonds is 10. The van der Waals surface area contributed by atoms with Gasteiger partial charge in [0, 0.05) is 18.5 Å². The van der Waals surface area contributed by atoms with Gasteiger partial charge >= 0.3 is 5.97 Å². The van der Waals surface area contributed by atoms with Crippen LogP contribution in [0.1, 0.15) is 45.1 Å². The van der Waals surface area contributed by atoms with Crippen LogP contribution >= 0.6 is 0 Å². The molecule has 1 heterocycles. The zero-order valence-electron chi connectivity index (χ0n) is 19.9. The van der Waals surface area contributed by atoms with Crippen molar-refractivity contribution in [2.24, 2.45) is 0 Å². The van der Waals surface area contributed by atoms with Crippen molar-refractivity contribution in [1.29, 1.82) is 0 Å². The molecule has 180 valence electrons. The van der Waals surface area contributed by atoms with Gasteiger partial charge in [-0.05, 0) is 58.2 Å². The van der Waals surface area contributed by atoms with Crippen molar-refractivity contribution in [2.45, 2.75) is 52.1 Å². The van der Waals surface area contributed by atoms with E-state index in [1.807, 2.05) is 54.6 Å². The Hall–Kier alpha value is -4.07. The second kappa shape index (κ2) is 10.9. The first-order valence-corrected chi connectivity index (χ1v) is 11.9. The number of carbonyl (C=O) groups is 2. The SMILES string of the molecule is CCCCCC(=O)N(Cc1ccc2cc(-c3ccccc3-c3nn[nH]n3)ccc2c1)[C@@H](C)C(=O)O. The van der Waals surface area contributed by atoms with Crippen LogP contribution in [0.25, 0.3) is 33.3 Å². The summed E-state index contributed by atoms with van der Waals surface area (Å²) >= 11 is 0. The van der Waals surface area contributed by atoms with E-state index in [1.54, 1.807) is 6.92 Å². The van der Waals surface area contributed by atoms with Crippen LogP contribution in [0.5, 0.6) is 0 Å². The summed E-state index contributed by atoms with van der Waals surface area (Å²) in [4.78, 5) is 25.9. The lowest BCUT2D eigenvalue weighted by Crippen LogP contribution is -2.42. The molecule has 0 radical (unpaired) electrons. The van der Waals surface area contributed by atoms with Gasteiger partial charge in [0.2, 0.25) is 11.7 Å². The van der Waals surface area contributed by atoms with E-state index in [9.17, 15) is 14.7 Å². The number of nitrogens with one attached hydrogen (secondary N) is 1. The molecule has 0 aliphatic rings. The van der Waals surface area contributed by atoms with Gasteiger partial charge in [0.15, 0.2) is 0 Å². The molecule has 35 heavy (non-hydrogen) atoms. The Morgan fingerprint density at radius 2 is 1.74 bits per heavy atom. The van der Waals surface area contributed by atoms with Crippen molar-refractivity contribution in [3.8, 4) is 22.5 Å². The molecular weight excluding hydrogens is 442 g/mol. The highest BCUT2D eigenvalue weighted by molar-refractivity contribution is 5.91. The highest BCUT2D eigenvalue weighted by Crippen LogP contribution is 2.32. The molecule has 8 nitrogen and oxygen atoms in total. The molecular formula is C27H29N5O3. The summed E-state index contributed by atoms with van der Waals surface area (Å²) in [6, 6.07) is 19.2. The van der Waals surface area contributed by atoms with Crippen LogP contribution in [0.4, 0.5) is 0 Å². The maximum Gasteiger partial charge on any atom is 0.326 e. The number of amides is 1. The summed E-state index contributed by atoms with van der Waals surface area (Å²) in [5.74, 6) is -0.589. The van der Waals surface area contributed by atoms with Crippen molar-refractivity contribution in [1.82, 2.24) is 25.5 Å². The Morgan fingerprint density at radius 1 is 1.00 bits per heavy atom. The summed E-state index contributed by atoms with van der Waals surface area (Å²) < 4.78 is 0. The molecule has 0 spiro atoms. The molecule has 1 aromatic heterocycles. The fourth-order valence-electron chi connectivity index (χ4n) is 4.21.